The van der Waals surface area contributed by atoms with Crippen molar-refractivity contribution in [1.29, 1.82) is 0 Å². The summed E-state index contributed by atoms with van der Waals surface area (Å²) < 4.78 is 31.5. The first-order valence-electron chi connectivity index (χ1n) is 4.06. The zero-order valence-electron chi connectivity index (χ0n) is 7.56. The van der Waals surface area contributed by atoms with Crippen molar-refractivity contribution in [1.82, 2.24) is 0 Å². The maximum Gasteiger partial charge on any atom is 0.200 e. The van der Waals surface area contributed by atoms with Crippen LogP contribution in [0.15, 0.2) is 16.6 Å². The van der Waals surface area contributed by atoms with Crippen LogP contribution in [0, 0.1) is 11.6 Å². The molecular formula is C9H10BrF2NO. The summed E-state index contributed by atoms with van der Waals surface area (Å²) in [4.78, 5) is 0. The highest BCUT2D eigenvalue weighted by Gasteiger charge is 2.13. The Morgan fingerprint density at radius 1 is 1.50 bits per heavy atom. The van der Waals surface area contributed by atoms with E-state index in [1.165, 1.54) is 6.07 Å². The van der Waals surface area contributed by atoms with Gasteiger partial charge in [0.15, 0.2) is 11.6 Å². The third kappa shape index (κ3) is 2.65. The van der Waals surface area contributed by atoms with Gasteiger partial charge in [0.25, 0.3) is 0 Å². The number of hydrogen-bond acceptors (Lipinski definition) is 2. The minimum atomic E-state index is -0.992. The first-order chi connectivity index (χ1) is 6.54. The monoisotopic (exact) mass is 265 g/mol. The second kappa shape index (κ2) is 4.70. The lowest BCUT2D eigenvalue weighted by atomic mass is 10.3. The maximum absolute atomic E-state index is 13.1. The number of nitrogens with two attached hydrogens (primary N) is 1. The minimum absolute atomic E-state index is 0.130. The van der Waals surface area contributed by atoms with E-state index in [0.29, 0.717) is 4.47 Å². The molecule has 0 bridgehead atoms. The SMILES string of the molecule is CC(CN)Oc1cc(Br)cc(F)c1F. The van der Waals surface area contributed by atoms with Crippen LogP contribution in [0.25, 0.3) is 0 Å². The van der Waals surface area contributed by atoms with Crippen molar-refractivity contribution in [2.24, 2.45) is 5.73 Å². The fourth-order valence-corrected chi connectivity index (χ4v) is 1.29. The van der Waals surface area contributed by atoms with Crippen molar-refractivity contribution in [3.05, 3.63) is 28.2 Å². The van der Waals surface area contributed by atoms with Crippen LogP contribution < -0.4 is 10.5 Å². The summed E-state index contributed by atoms with van der Waals surface area (Å²) in [6, 6.07) is 2.40. The van der Waals surface area contributed by atoms with Crippen LogP contribution in [0.4, 0.5) is 8.78 Å². The predicted octanol–water partition coefficient (Wildman–Crippen LogP) is 2.45. The van der Waals surface area contributed by atoms with Crippen molar-refractivity contribution >= 4 is 15.9 Å². The molecule has 14 heavy (non-hydrogen) atoms. The molecule has 2 nitrogen and oxygen atoms in total. The zero-order valence-corrected chi connectivity index (χ0v) is 9.14. The molecule has 0 amide bonds. The molecule has 0 aliphatic carbocycles. The first kappa shape index (κ1) is 11.4. The van der Waals surface area contributed by atoms with Crippen LogP contribution in [0.3, 0.4) is 0 Å². The average Bonchev–Trinajstić information content (AvgIpc) is 2.13. The summed E-state index contributed by atoms with van der Waals surface area (Å²) in [5, 5.41) is 0. The summed E-state index contributed by atoms with van der Waals surface area (Å²) in [6.07, 6.45) is -0.349. The molecule has 0 saturated carbocycles. The Hall–Kier alpha value is -0.680. The molecule has 2 N–H and O–H groups in total. The van der Waals surface area contributed by atoms with Gasteiger partial charge in [0.2, 0.25) is 5.82 Å². The second-order valence-corrected chi connectivity index (χ2v) is 3.78. The predicted molar refractivity (Wildman–Crippen MR) is 53.2 cm³/mol. The molecule has 1 rings (SSSR count). The van der Waals surface area contributed by atoms with E-state index in [-0.39, 0.29) is 18.4 Å². The maximum atomic E-state index is 13.1. The van der Waals surface area contributed by atoms with E-state index >= 15 is 0 Å². The standard InChI is InChI=1S/C9H10BrF2NO/c1-5(4-13)14-8-3-6(10)2-7(11)9(8)12/h2-3,5H,4,13H2,1H3. The van der Waals surface area contributed by atoms with Crippen molar-refractivity contribution in [3.63, 3.8) is 0 Å². The molecule has 0 saturated heterocycles. The molecule has 0 radical (unpaired) electrons. The number of hydrogen-bond donors (Lipinski definition) is 1. The van der Waals surface area contributed by atoms with Crippen molar-refractivity contribution in [3.8, 4) is 5.75 Å². The van der Waals surface area contributed by atoms with Crippen molar-refractivity contribution < 1.29 is 13.5 Å². The average molecular weight is 266 g/mol. The van der Waals surface area contributed by atoms with Crippen LogP contribution in [0.1, 0.15) is 6.92 Å². The molecule has 5 heteroatoms. The van der Waals surface area contributed by atoms with Crippen LogP contribution in [-0.4, -0.2) is 12.6 Å². The first-order valence-corrected chi connectivity index (χ1v) is 4.85. The number of halogens is 3. The van der Waals surface area contributed by atoms with E-state index in [2.05, 4.69) is 15.9 Å². The van der Waals surface area contributed by atoms with Gasteiger partial charge in [0.05, 0.1) is 0 Å². The highest BCUT2D eigenvalue weighted by Crippen LogP contribution is 2.25. The normalized spacial score (nSPS) is 12.6. The molecule has 0 fully saturated rings. The summed E-state index contributed by atoms with van der Waals surface area (Å²) in [5.41, 5.74) is 5.29. The quantitative estimate of drug-likeness (QED) is 0.853. The lowest BCUT2D eigenvalue weighted by molar-refractivity contribution is 0.216. The van der Waals surface area contributed by atoms with Gasteiger partial charge < -0.3 is 10.5 Å². The van der Waals surface area contributed by atoms with Crippen LogP contribution in [0.2, 0.25) is 0 Å². The van der Waals surface area contributed by atoms with Gasteiger partial charge in [-0.1, -0.05) is 15.9 Å². The smallest absolute Gasteiger partial charge is 0.200 e. The lowest BCUT2D eigenvalue weighted by Crippen LogP contribution is -2.23. The molecule has 78 valence electrons. The Morgan fingerprint density at radius 2 is 2.14 bits per heavy atom. The Morgan fingerprint density at radius 3 is 2.71 bits per heavy atom. The third-order valence-electron chi connectivity index (χ3n) is 1.62. The third-order valence-corrected chi connectivity index (χ3v) is 2.08. The molecule has 1 unspecified atom stereocenters. The molecule has 0 heterocycles. The molecule has 0 spiro atoms. The summed E-state index contributed by atoms with van der Waals surface area (Å²) in [6.45, 7) is 1.92. The van der Waals surface area contributed by atoms with E-state index in [1.54, 1.807) is 6.92 Å². The largest absolute Gasteiger partial charge is 0.486 e. The summed E-state index contributed by atoms with van der Waals surface area (Å²) in [5.74, 6) is -2.07. The molecule has 1 aromatic rings. The van der Waals surface area contributed by atoms with Gasteiger partial charge in [0, 0.05) is 11.0 Å². The van der Waals surface area contributed by atoms with Crippen LogP contribution in [0.5, 0.6) is 5.75 Å². The zero-order chi connectivity index (χ0) is 10.7. The minimum Gasteiger partial charge on any atom is -0.486 e. The van der Waals surface area contributed by atoms with E-state index in [9.17, 15) is 8.78 Å². The summed E-state index contributed by atoms with van der Waals surface area (Å²) in [7, 11) is 0. The van der Waals surface area contributed by atoms with Gasteiger partial charge in [-0.2, -0.15) is 4.39 Å². The number of rotatable bonds is 3. The van der Waals surface area contributed by atoms with Gasteiger partial charge in [0.1, 0.15) is 6.10 Å². The van der Waals surface area contributed by atoms with E-state index < -0.39 is 11.6 Å². The van der Waals surface area contributed by atoms with Gasteiger partial charge in [-0.05, 0) is 19.1 Å². The van der Waals surface area contributed by atoms with Crippen molar-refractivity contribution in [2.75, 3.05) is 6.54 Å². The number of ether oxygens (including phenoxy) is 1. The van der Waals surface area contributed by atoms with Gasteiger partial charge in [-0.25, -0.2) is 4.39 Å². The van der Waals surface area contributed by atoms with E-state index in [0.717, 1.165) is 6.07 Å². The molecule has 1 atom stereocenters. The Kier molecular flexibility index (Phi) is 3.83. The van der Waals surface area contributed by atoms with Crippen LogP contribution >= 0.6 is 15.9 Å². The Labute approximate surface area is 89.2 Å². The van der Waals surface area contributed by atoms with E-state index in [1.807, 2.05) is 0 Å². The van der Waals surface area contributed by atoms with Gasteiger partial charge in [-0.3, -0.25) is 0 Å². The topological polar surface area (TPSA) is 35.2 Å². The molecule has 1 aromatic carbocycles. The second-order valence-electron chi connectivity index (χ2n) is 2.86. The Balaban J connectivity index is 2.96. The number of benzene rings is 1. The molecular weight excluding hydrogens is 256 g/mol. The van der Waals surface area contributed by atoms with Gasteiger partial charge >= 0.3 is 0 Å². The van der Waals surface area contributed by atoms with Crippen LogP contribution in [-0.2, 0) is 0 Å². The molecule has 0 aliphatic heterocycles. The fraction of sp³-hybridized carbons (Fsp3) is 0.333. The highest BCUT2D eigenvalue weighted by molar-refractivity contribution is 9.10. The lowest BCUT2D eigenvalue weighted by Gasteiger charge is -2.13. The van der Waals surface area contributed by atoms with Gasteiger partial charge in [-0.15, -0.1) is 0 Å². The Bertz CT molecular complexity index is 333. The fourth-order valence-electron chi connectivity index (χ4n) is 0.883. The highest BCUT2D eigenvalue weighted by atomic mass is 79.9. The van der Waals surface area contributed by atoms with Crippen molar-refractivity contribution in [2.45, 2.75) is 13.0 Å². The molecule has 0 aliphatic rings. The molecule has 0 aromatic heterocycles. The summed E-state index contributed by atoms with van der Waals surface area (Å²) >= 11 is 3.04. The van der Waals surface area contributed by atoms with E-state index in [4.69, 9.17) is 10.5 Å².